The average Bonchev–Trinajstić information content (AvgIpc) is 2.89. The molecule has 2 N–H and O–H groups in total. The van der Waals surface area contributed by atoms with Crippen molar-refractivity contribution in [1.29, 1.82) is 0 Å². The van der Waals surface area contributed by atoms with Crippen LogP contribution in [-0.2, 0) is 12.1 Å². The molecule has 1 aromatic carbocycles. The molecule has 2 nitrogen and oxygen atoms in total. The van der Waals surface area contributed by atoms with Gasteiger partial charge in [-0.1, -0.05) is 23.7 Å². The van der Waals surface area contributed by atoms with E-state index in [0.717, 1.165) is 5.56 Å². The lowest BCUT2D eigenvalue weighted by Crippen LogP contribution is -2.34. The second-order valence-corrected chi connectivity index (χ2v) is 5.79. The SMILES string of the molecule is CC(O)(CNCc1cccc(Cl)c1F)c1ccsc1. The molecule has 102 valence electrons. The fraction of sp³-hybridized carbons (Fsp3) is 0.286. The average molecular weight is 300 g/mol. The molecule has 1 heterocycles. The topological polar surface area (TPSA) is 32.3 Å². The van der Waals surface area contributed by atoms with Crippen LogP contribution in [0.4, 0.5) is 4.39 Å². The highest BCUT2D eigenvalue weighted by Crippen LogP contribution is 2.22. The van der Waals surface area contributed by atoms with Gasteiger partial charge in [-0.2, -0.15) is 11.3 Å². The van der Waals surface area contributed by atoms with Crippen molar-refractivity contribution in [3.8, 4) is 0 Å². The van der Waals surface area contributed by atoms with Gasteiger partial charge >= 0.3 is 0 Å². The number of hydrogen-bond donors (Lipinski definition) is 2. The molecular weight excluding hydrogens is 285 g/mol. The van der Waals surface area contributed by atoms with Crippen molar-refractivity contribution in [3.63, 3.8) is 0 Å². The van der Waals surface area contributed by atoms with Gasteiger partial charge in [-0.05, 0) is 35.4 Å². The predicted octanol–water partition coefficient (Wildman–Crippen LogP) is 3.54. The molecule has 2 rings (SSSR count). The summed E-state index contributed by atoms with van der Waals surface area (Å²) < 4.78 is 13.7. The second-order valence-electron chi connectivity index (χ2n) is 4.60. The van der Waals surface area contributed by atoms with Crippen LogP contribution in [0.3, 0.4) is 0 Å². The first-order valence-corrected chi connectivity index (χ1v) is 7.21. The Balaban J connectivity index is 1.95. The number of halogens is 2. The third kappa shape index (κ3) is 3.54. The van der Waals surface area contributed by atoms with Crippen molar-refractivity contribution in [1.82, 2.24) is 5.32 Å². The number of benzene rings is 1. The molecule has 1 atom stereocenters. The van der Waals surface area contributed by atoms with Crippen LogP contribution in [0.5, 0.6) is 0 Å². The van der Waals surface area contributed by atoms with Gasteiger partial charge < -0.3 is 10.4 Å². The van der Waals surface area contributed by atoms with E-state index in [0.29, 0.717) is 18.7 Å². The van der Waals surface area contributed by atoms with Crippen LogP contribution in [0.1, 0.15) is 18.1 Å². The summed E-state index contributed by atoms with van der Waals surface area (Å²) in [6.07, 6.45) is 0. The van der Waals surface area contributed by atoms with Gasteiger partial charge in [-0.25, -0.2) is 4.39 Å². The van der Waals surface area contributed by atoms with E-state index in [-0.39, 0.29) is 5.02 Å². The minimum atomic E-state index is -0.963. The molecule has 0 aliphatic carbocycles. The molecule has 19 heavy (non-hydrogen) atoms. The highest BCUT2D eigenvalue weighted by Gasteiger charge is 2.22. The van der Waals surface area contributed by atoms with Gasteiger partial charge in [0.05, 0.1) is 10.6 Å². The van der Waals surface area contributed by atoms with Gasteiger partial charge in [0, 0.05) is 18.7 Å². The molecule has 0 radical (unpaired) electrons. The molecule has 0 spiro atoms. The molecule has 5 heteroatoms. The molecule has 1 aromatic heterocycles. The Morgan fingerprint density at radius 3 is 2.89 bits per heavy atom. The summed E-state index contributed by atoms with van der Waals surface area (Å²) in [5.74, 6) is -0.410. The fourth-order valence-electron chi connectivity index (χ4n) is 1.80. The maximum atomic E-state index is 13.7. The smallest absolute Gasteiger partial charge is 0.146 e. The first kappa shape index (κ1) is 14.5. The third-order valence-electron chi connectivity index (χ3n) is 2.96. The number of thiophene rings is 1. The van der Waals surface area contributed by atoms with Crippen molar-refractivity contribution in [2.45, 2.75) is 19.1 Å². The molecule has 0 aliphatic rings. The minimum Gasteiger partial charge on any atom is -0.384 e. The summed E-state index contributed by atoms with van der Waals surface area (Å²) in [6.45, 7) is 2.40. The van der Waals surface area contributed by atoms with Crippen molar-refractivity contribution in [2.24, 2.45) is 0 Å². The molecule has 0 saturated heterocycles. The van der Waals surface area contributed by atoms with E-state index < -0.39 is 11.4 Å². The summed E-state index contributed by atoms with van der Waals surface area (Å²) in [7, 11) is 0. The van der Waals surface area contributed by atoms with Gasteiger partial charge in [-0.3, -0.25) is 0 Å². The Bertz CT molecular complexity index is 542. The van der Waals surface area contributed by atoms with E-state index in [4.69, 9.17) is 11.6 Å². The van der Waals surface area contributed by atoms with Crippen LogP contribution < -0.4 is 5.32 Å². The zero-order valence-electron chi connectivity index (χ0n) is 10.5. The summed E-state index contributed by atoms with van der Waals surface area (Å²) in [5.41, 5.74) is 0.389. The van der Waals surface area contributed by atoms with Crippen molar-refractivity contribution in [2.75, 3.05) is 6.54 Å². The highest BCUT2D eigenvalue weighted by molar-refractivity contribution is 7.08. The zero-order chi connectivity index (χ0) is 13.9. The molecular formula is C14H15ClFNOS. The normalized spacial score (nSPS) is 14.3. The van der Waals surface area contributed by atoms with Gasteiger partial charge in [-0.15, -0.1) is 0 Å². The van der Waals surface area contributed by atoms with E-state index in [9.17, 15) is 9.50 Å². The Labute approximate surface area is 120 Å². The van der Waals surface area contributed by atoms with Crippen LogP contribution in [0.25, 0.3) is 0 Å². The quantitative estimate of drug-likeness (QED) is 0.885. The lowest BCUT2D eigenvalue weighted by Gasteiger charge is -2.23. The maximum Gasteiger partial charge on any atom is 0.146 e. The van der Waals surface area contributed by atoms with E-state index >= 15 is 0 Å². The molecule has 0 bridgehead atoms. The Morgan fingerprint density at radius 2 is 2.21 bits per heavy atom. The van der Waals surface area contributed by atoms with Gasteiger partial charge in [0.25, 0.3) is 0 Å². The molecule has 0 saturated carbocycles. The van der Waals surface area contributed by atoms with Crippen molar-refractivity contribution in [3.05, 3.63) is 57.0 Å². The standard InChI is InChI=1S/C14H15ClFNOS/c1-14(18,11-5-6-19-8-11)9-17-7-10-3-2-4-12(15)13(10)16/h2-6,8,17-18H,7,9H2,1H3. The third-order valence-corrected chi connectivity index (χ3v) is 3.93. The number of rotatable bonds is 5. The van der Waals surface area contributed by atoms with Crippen LogP contribution >= 0.6 is 22.9 Å². The minimum absolute atomic E-state index is 0.115. The first-order valence-electron chi connectivity index (χ1n) is 5.89. The molecule has 2 aromatic rings. The predicted molar refractivity (Wildman–Crippen MR) is 77.0 cm³/mol. The monoisotopic (exact) mass is 299 g/mol. The number of nitrogens with one attached hydrogen (secondary N) is 1. The van der Waals surface area contributed by atoms with Crippen molar-refractivity contribution >= 4 is 22.9 Å². The zero-order valence-corrected chi connectivity index (χ0v) is 12.1. The van der Waals surface area contributed by atoms with Crippen LogP contribution in [0.2, 0.25) is 5.02 Å². The van der Waals surface area contributed by atoms with E-state index in [1.807, 2.05) is 16.8 Å². The van der Waals surface area contributed by atoms with Crippen LogP contribution in [0, 0.1) is 5.82 Å². The van der Waals surface area contributed by atoms with Gasteiger partial charge in [0.15, 0.2) is 0 Å². The summed E-state index contributed by atoms with van der Waals surface area (Å²) in [6, 6.07) is 6.78. The summed E-state index contributed by atoms with van der Waals surface area (Å²) >= 11 is 7.25. The molecule has 0 amide bonds. The number of aliphatic hydroxyl groups is 1. The van der Waals surface area contributed by atoms with E-state index in [1.54, 1.807) is 19.1 Å². The molecule has 1 unspecified atom stereocenters. The van der Waals surface area contributed by atoms with Crippen LogP contribution in [0.15, 0.2) is 35.0 Å². The largest absolute Gasteiger partial charge is 0.384 e. The lowest BCUT2D eigenvalue weighted by atomic mass is 9.99. The van der Waals surface area contributed by atoms with Gasteiger partial charge in [0.2, 0.25) is 0 Å². The van der Waals surface area contributed by atoms with E-state index in [1.165, 1.54) is 17.4 Å². The fourth-order valence-corrected chi connectivity index (χ4v) is 2.78. The maximum absolute atomic E-state index is 13.7. The summed E-state index contributed by atoms with van der Waals surface area (Å²) in [4.78, 5) is 0. The number of hydrogen-bond acceptors (Lipinski definition) is 3. The van der Waals surface area contributed by atoms with Crippen LogP contribution in [-0.4, -0.2) is 11.7 Å². The second kappa shape index (κ2) is 6.01. The summed E-state index contributed by atoms with van der Waals surface area (Å²) in [5, 5.41) is 17.3. The lowest BCUT2D eigenvalue weighted by molar-refractivity contribution is 0.0570. The molecule has 0 aliphatic heterocycles. The van der Waals surface area contributed by atoms with Gasteiger partial charge in [0.1, 0.15) is 5.82 Å². The Kier molecular flexibility index (Phi) is 4.58. The molecule has 0 fully saturated rings. The van der Waals surface area contributed by atoms with Crippen molar-refractivity contribution < 1.29 is 9.50 Å². The Hall–Kier alpha value is -0.940. The van der Waals surface area contributed by atoms with E-state index in [2.05, 4.69) is 5.32 Å². The highest BCUT2D eigenvalue weighted by atomic mass is 35.5. The first-order chi connectivity index (χ1) is 9.00. The Morgan fingerprint density at radius 1 is 1.42 bits per heavy atom.